The van der Waals surface area contributed by atoms with Gasteiger partial charge >= 0.3 is 0 Å². The molecule has 8 heteroatoms. The summed E-state index contributed by atoms with van der Waals surface area (Å²) in [5.41, 5.74) is 0.709. The van der Waals surface area contributed by atoms with Crippen LogP contribution in [0.25, 0.3) is 0 Å². The predicted octanol–water partition coefficient (Wildman–Crippen LogP) is 3.25. The van der Waals surface area contributed by atoms with Gasteiger partial charge in [-0.2, -0.15) is 0 Å². The molecule has 0 spiro atoms. The number of benzene rings is 1. The summed E-state index contributed by atoms with van der Waals surface area (Å²) in [6.45, 7) is 1.86. The average Bonchev–Trinajstić information content (AvgIpc) is 2.60. The zero-order valence-corrected chi connectivity index (χ0v) is 15.7. The van der Waals surface area contributed by atoms with Crippen LogP contribution in [0, 0.1) is 0 Å². The number of anilines is 3. The molecular weight excluding hydrogens is 342 g/mol. The van der Waals surface area contributed by atoms with Crippen LogP contribution in [-0.4, -0.2) is 56.3 Å². The van der Waals surface area contributed by atoms with E-state index >= 15 is 0 Å². The predicted molar refractivity (Wildman–Crippen MR) is 102 cm³/mol. The minimum absolute atomic E-state index is 0.482. The minimum atomic E-state index is 0.482. The first-order valence-electron chi connectivity index (χ1n) is 7.92. The van der Waals surface area contributed by atoms with Gasteiger partial charge in [-0.3, -0.25) is 0 Å². The van der Waals surface area contributed by atoms with Crippen LogP contribution in [0.2, 0.25) is 5.02 Å². The lowest BCUT2D eigenvalue weighted by molar-refractivity contribution is 0.405. The lowest BCUT2D eigenvalue weighted by atomic mass is 10.2. The van der Waals surface area contributed by atoms with Crippen molar-refractivity contribution in [2.45, 2.75) is 6.42 Å². The molecule has 0 bridgehead atoms. The topological polar surface area (TPSA) is 71.5 Å². The van der Waals surface area contributed by atoms with Crippen LogP contribution in [0.3, 0.4) is 0 Å². The Hall–Kier alpha value is -2.25. The summed E-state index contributed by atoms with van der Waals surface area (Å²) < 4.78 is 10.6. The summed E-state index contributed by atoms with van der Waals surface area (Å²) in [7, 11) is 7.26. The Kier molecular flexibility index (Phi) is 7.09. The quantitative estimate of drug-likeness (QED) is 0.661. The highest BCUT2D eigenvalue weighted by atomic mass is 35.5. The van der Waals surface area contributed by atoms with Gasteiger partial charge < -0.3 is 25.0 Å². The first-order valence-corrected chi connectivity index (χ1v) is 8.30. The zero-order valence-electron chi connectivity index (χ0n) is 15.0. The molecule has 0 radical (unpaired) electrons. The van der Waals surface area contributed by atoms with Gasteiger partial charge in [-0.25, -0.2) is 9.97 Å². The first-order chi connectivity index (χ1) is 12.0. The highest BCUT2D eigenvalue weighted by Crippen LogP contribution is 2.37. The van der Waals surface area contributed by atoms with Gasteiger partial charge in [0.1, 0.15) is 29.5 Å². The van der Waals surface area contributed by atoms with Crippen LogP contribution >= 0.6 is 11.6 Å². The highest BCUT2D eigenvalue weighted by molar-refractivity contribution is 6.32. The van der Waals surface area contributed by atoms with E-state index in [-0.39, 0.29) is 0 Å². The maximum Gasteiger partial charge on any atom is 0.144 e. The van der Waals surface area contributed by atoms with Crippen molar-refractivity contribution < 1.29 is 9.47 Å². The standard InChI is InChI=1S/C17H24ClN5O2/c1-23(2)7-5-6-19-16-10-17(21-11-20-16)22-13-9-14(24-3)12(18)8-15(13)25-4/h8-11H,5-7H2,1-4H3,(H2,19,20,21,22). The van der Waals surface area contributed by atoms with E-state index in [2.05, 4.69) is 39.6 Å². The Morgan fingerprint density at radius 1 is 1.04 bits per heavy atom. The lowest BCUT2D eigenvalue weighted by Gasteiger charge is -2.14. The summed E-state index contributed by atoms with van der Waals surface area (Å²) in [4.78, 5) is 10.6. The normalized spacial score (nSPS) is 10.6. The van der Waals surface area contributed by atoms with Crippen molar-refractivity contribution in [3.8, 4) is 11.5 Å². The van der Waals surface area contributed by atoms with Crippen molar-refractivity contribution in [2.24, 2.45) is 0 Å². The molecule has 136 valence electrons. The van der Waals surface area contributed by atoms with Gasteiger partial charge in [0.15, 0.2) is 0 Å². The summed E-state index contributed by atoms with van der Waals surface area (Å²) in [5, 5.41) is 6.99. The number of nitrogens with one attached hydrogen (secondary N) is 2. The number of methoxy groups -OCH3 is 2. The molecule has 2 rings (SSSR count). The maximum atomic E-state index is 6.13. The number of aromatic nitrogens is 2. The molecule has 0 aliphatic heterocycles. The molecule has 1 aromatic carbocycles. The van der Waals surface area contributed by atoms with Crippen molar-refractivity contribution in [1.29, 1.82) is 0 Å². The van der Waals surface area contributed by atoms with Crippen LogP contribution in [0.4, 0.5) is 17.3 Å². The summed E-state index contributed by atoms with van der Waals surface area (Å²) in [6, 6.07) is 5.31. The largest absolute Gasteiger partial charge is 0.495 e. The molecule has 0 saturated heterocycles. The Labute approximate surface area is 153 Å². The fourth-order valence-corrected chi connectivity index (χ4v) is 2.46. The number of ether oxygens (including phenoxy) is 2. The molecule has 1 aromatic heterocycles. The van der Waals surface area contributed by atoms with Gasteiger partial charge in [0.05, 0.1) is 24.9 Å². The second-order valence-corrected chi connectivity index (χ2v) is 6.09. The molecule has 0 aliphatic rings. The van der Waals surface area contributed by atoms with E-state index in [4.69, 9.17) is 21.1 Å². The Morgan fingerprint density at radius 3 is 2.44 bits per heavy atom. The Bertz CT molecular complexity index is 697. The van der Waals surface area contributed by atoms with Crippen LogP contribution in [-0.2, 0) is 0 Å². The van der Waals surface area contributed by atoms with Gasteiger partial charge in [-0.1, -0.05) is 11.6 Å². The monoisotopic (exact) mass is 365 g/mol. The van der Waals surface area contributed by atoms with E-state index in [0.717, 1.165) is 25.3 Å². The fraction of sp³-hybridized carbons (Fsp3) is 0.412. The van der Waals surface area contributed by atoms with Gasteiger partial charge in [0.2, 0.25) is 0 Å². The van der Waals surface area contributed by atoms with E-state index in [1.54, 1.807) is 26.4 Å². The van der Waals surface area contributed by atoms with E-state index < -0.39 is 0 Å². The second-order valence-electron chi connectivity index (χ2n) is 5.68. The van der Waals surface area contributed by atoms with E-state index in [1.807, 2.05) is 6.07 Å². The highest BCUT2D eigenvalue weighted by Gasteiger charge is 2.11. The zero-order chi connectivity index (χ0) is 18.2. The number of hydrogen-bond donors (Lipinski definition) is 2. The molecule has 1 heterocycles. The van der Waals surface area contributed by atoms with Gasteiger partial charge in [0.25, 0.3) is 0 Å². The van der Waals surface area contributed by atoms with Crippen LogP contribution < -0.4 is 20.1 Å². The number of rotatable bonds is 9. The molecule has 2 aromatic rings. The molecule has 0 saturated carbocycles. The molecule has 25 heavy (non-hydrogen) atoms. The average molecular weight is 366 g/mol. The Morgan fingerprint density at radius 2 is 1.76 bits per heavy atom. The number of halogens is 1. The molecule has 0 aliphatic carbocycles. The lowest BCUT2D eigenvalue weighted by Crippen LogP contribution is -2.16. The first kappa shape index (κ1) is 19.1. The van der Waals surface area contributed by atoms with Crippen molar-refractivity contribution in [3.63, 3.8) is 0 Å². The van der Waals surface area contributed by atoms with Gasteiger partial charge in [-0.15, -0.1) is 0 Å². The molecule has 0 amide bonds. The van der Waals surface area contributed by atoms with Crippen molar-refractivity contribution in [2.75, 3.05) is 52.0 Å². The van der Waals surface area contributed by atoms with Gasteiger partial charge in [0, 0.05) is 24.7 Å². The minimum Gasteiger partial charge on any atom is -0.495 e. The van der Waals surface area contributed by atoms with Gasteiger partial charge in [-0.05, 0) is 27.1 Å². The second kappa shape index (κ2) is 9.29. The third kappa shape index (κ3) is 5.65. The van der Waals surface area contributed by atoms with Crippen molar-refractivity contribution in [1.82, 2.24) is 14.9 Å². The third-order valence-electron chi connectivity index (χ3n) is 3.49. The van der Waals surface area contributed by atoms with Crippen LogP contribution in [0.5, 0.6) is 11.5 Å². The van der Waals surface area contributed by atoms with Crippen molar-refractivity contribution in [3.05, 3.63) is 29.5 Å². The summed E-state index contributed by atoms with van der Waals surface area (Å²) >= 11 is 6.13. The molecule has 2 N–H and O–H groups in total. The molecule has 7 nitrogen and oxygen atoms in total. The van der Waals surface area contributed by atoms with E-state index in [0.29, 0.717) is 28.0 Å². The summed E-state index contributed by atoms with van der Waals surface area (Å²) in [6.07, 6.45) is 2.54. The molecule has 0 atom stereocenters. The fourth-order valence-electron chi connectivity index (χ4n) is 2.23. The SMILES string of the molecule is COc1cc(Nc2cc(NCCCN(C)C)ncn2)c(OC)cc1Cl. The molecule has 0 unspecified atom stereocenters. The number of hydrogen-bond acceptors (Lipinski definition) is 7. The van der Waals surface area contributed by atoms with Crippen LogP contribution in [0.15, 0.2) is 24.5 Å². The third-order valence-corrected chi connectivity index (χ3v) is 3.79. The van der Waals surface area contributed by atoms with Crippen molar-refractivity contribution >= 4 is 28.9 Å². The molecule has 0 fully saturated rings. The summed E-state index contributed by atoms with van der Waals surface area (Å²) in [5.74, 6) is 2.56. The van der Waals surface area contributed by atoms with E-state index in [9.17, 15) is 0 Å². The number of nitrogens with zero attached hydrogens (tertiary/aromatic N) is 3. The molecular formula is C17H24ClN5O2. The smallest absolute Gasteiger partial charge is 0.144 e. The van der Waals surface area contributed by atoms with E-state index in [1.165, 1.54) is 6.33 Å². The maximum absolute atomic E-state index is 6.13. The Balaban J connectivity index is 2.09. The van der Waals surface area contributed by atoms with Crippen LogP contribution in [0.1, 0.15) is 6.42 Å².